The maximum atomic E-state index is 11.9. The molecule has 0 unspecified atom stereocenters. The first kappa shape index (κ1) is 16.8. The molecule has 4 rings (SSSR count). The van der Waals surface area contributed by atoms with Crippen molar-refractivity contribution in [3.63, 3.8) is 0 Å². The Hall–Kier alpha value is -2.65. The van der Waals surface area contributed by atoms with Crippen LogP contribution in [0.3, 0.4) is 0 Å². The van der Waals surface area contributed by atoms with Gasteiger partial charge in [-0.25, -0.2) is 4.98 Å². The minimum Gasteiger partial charge on any atom is -0.480 e. The number of H-pyrrole nitrogens is 1. The number of carbonyl (C=O) groups is 1. The van der Waals surface area contributed by atoms with Gasteiger partial charge in [-0.15, -0.1) is 0 Å². The summed E-state index contributed by atoms with van der Waals surface area (Å²) in [5, 5.41) is 18.6. The Morgan fingerprint density at radius 3 is 3.04 bits per heavy atom. The molecule has 3 aromatic heterocycles. The number of hydrogen-bond acceptors (Lipinski definition) is 6. The summed E-state index contributed by atoms with van der Waals surface area (Å²) in [5.41, 5.74) is 3.28. The van der Waals surface area contributed by atoms with Crippen LogP contribution >= 0.6 is 11.6 Å². The van der Waals surface area contributed by atoms with Crippen LogP contribution in [-0.4, -0.2) is 47.4 Å². The lowest BCUT2D eigenvalue weighted by atomic mass is 10.0. The number of fused-ring (bicyclic) bond motifs is 1. The van der Waals surface area contributed by atoms with E-state index in [-0.39, 0.29) is 0 Å². The van der Waals surface area contributed by atoms with Crippen LogP contribution in [0, 0.1) is 6.92 Å². The maximum Gasteiger partial charge on any atom is 0.327 e. The lowest BCUT2D eigenvalue weighted by molar-refractivity contribution is -0.144. The first-order chi connectivity index (χ1) is 12.5. The molecule has 3 aromatic rings. The third kappa shape index (κ3) is 2.69. The number of aliphatic carboxylic acids is 1. The van der Waals surface area contributed by atoms with Crippen LogP contribution in [0.1, 0.15) is 28.8 Å². The van der Waals surface area contributed by atoms with Crippen molar-refractivity contribution in [2.24, 2.45) is 7.05 Å². The van der Waals surface area contributed by atoms with E-state index in [1.807, 2.05) is 4.90 Å². The highest BCUT2D eigenvalue weighted by molar-refractivity contribution is 6.30. The van der Waals surface area contributed by atoms with Crippen LogP contribution in [0.5, 0.6) is 0 Å². The third-order valence-corrected chi connectivity index (χ3v) is 5.03. The van der Waals surface area contributed by atoms with E-state index in [2.05, 4.69) is 20.2 Å². The van der Waals surface area contributed by atoms with Crippen molar-refractivity contribution in [1.82, 2.24) is 29.8 Å². The minimum atomic E-state index is -0.947. The van der Waals surface area contributed by atoms with E-state index < -0.39 is 12.0 Å². The normalized spacial score (nSPS) is 17.4. The Bertz CT molecular complexity index is 975. The first-order valence-corrected chi connectivity index (χ1v) is 8.47. The zero-order valence-electron chi connectivity index (χ0n) is 14.2. The summed E-state index contributed by atoms with van der Waals surface area (Å²) in [6, 6.07) is 0.937. The van der Waals surface area contributed by atoms with Crippen LogP contribution in [-0.2, 0) is 24.8 Å². The van der Waals surface area contributed by atoms with Crippen LogP contribution in [0.2, 0.25) is 5.15 Å². The summed E-state index contributed by atoms with van der Waals surface area (Å²) < 4.78 is 6.70. The van der Waals surface area contributed by atoms with Crippen LogP contribution in [0.15, 0.2) is 16.9 Å². The molecule has 0 radical (unpaired) electrons. The Balaban J connectivity index is 1.72. The largest absolute Gasteiger partial charge is 0.480 e. The third-order valence-electron chi connectivity index (χ3n) is 4.56. The second-order valence-electron chi connectivity index (χ2n) is 6.29. The number of imidazole rings is 1. The van der Waals surface area contributed by atoms with Crippen molar-refractivity contribution in [2.45, 2.75) is 25.9 Å². The molecule has 2 N–H and O–H groups in total. The van der Waals surface area contributed by atoms with Gasteiger partial charge in [0, 0.05) is 43.9 Å². The molecule has 9 nitrogen and oxygen atoms in total. The summed E-state index contributed by atoms with van der Waals surface area (Å²) in [6.45, 7) is 2.68. The van der Waals surface area contributed by atoms with E-state index in [1.165, 1.54) is 6.33 Å². The first-order valence-electron chi connectivity index (χ1n) is 8.09. The van der Waals surface area contributed by atoms with E-state index in [0.29, 0.717) is 53.1 Å². The van der Waals surface area contributed by atoms with Gasteiger partial charge in [-0.2, -0.15) is 5.10 Å². The van der Waals surface area contributed by atoms with Crippen LogP contribution in [0.25, 0.3) is 11.4 Å². The highest BCUT2D eigenvalue weighted by Gasteiger charge is 2.36. The molecule has 26 heavy (non-hydrogen) atoms. The predicted molar refractivity (Wildman–Crippen MR) is 91.5 cm³/mol. The Kier molecular flexibility index (Phi) is 4.04. The molecule has 0 amide bonds. The monoisotopic (exact) mass is 376 g/mol. The van der Waals surface area contributed by atoms with Gasteiger partial charge >= 0.3 is 5.97 Å². The van der Waals surface area contributed by atoms with Gasteiger partial charge < -0.3 is 14.6 Å². The molecule has 0 bridgehead atoms. The lowest BCUT2D eigenvalue weighted by Gasteiger charge is -2.32. The zero-order chi connectivity index (χ0) is 18.4. The summed E-state index contributed by atoms with van der Waals surface area (Å²) in [4.78, 5) is 20.9. The van der Waals surface area contributed by atoms with Crippen molar-refractivity contribution in [2.75, 3.05) is 6.54 Å². The van der Waals surface area contributed by atoms with Crippen molar-refractivity contribution in [1.29, 1.82) is 0 Å². The Morgan fingerprint density at radius 1 is 1.54 bits per heavy atom. The fraction of sp³-hybridized carbons (Fsp3) is 0.375. The van der Waals surface area contributed by atoms with E-state index in [0.717, 1.165) is 5.69 Å². The molecular formula is C16H17ClN6O3. The number of aryl methyl sites for hydroxylation is 2. The molecule has 1 atom stereocenters. The van der Waals surface area contributed by atoms with E-state index in [9.17, 15) is 9.90 Å². The molecule has 4 heterocycles. The molecule has 0 spiro atoms. The summed E-state index contributed by atoms with van der Waals surface area (Å²) in [7, 11) is 1.74. The molecule has 1 aliphatic rings. The van der Waals surface area contributed by atoms with Gasteiger partial charge in [-0.05, 0) is 6.92 Å². The molecule has 0 aromatic carbocycles. The molecule has 10 heteroatoms. The van der Waals surface area contributed by atoms with Crippen molar-refractivity contribution >= 4 is 17.6 Å². The number of nitrogens with zero attached hydrogens (tertiary/aromatic N) is 5. The van der Waals surface area contributed by atoms with Gasteiger partial charge in [0.05, 0.1) is 12.0 Å². The van der Waals surface area contributed by atoms with Gasteiger partial charge in [0.25, 0.3) is 0 Å². The molecule has 136 valence electrons. The molecule has 0 saturated carbocycles. The number of hydrogen-bond donors (Lipinski definition) is 2. The highest BCUT2D eigenvalue weighted by atomic mass is 35.5. The average molecular weight is 377 g/mol. The van der Waals surface area contributed by atoms with Crippen LogP contribution in [0.4, 0.5) is 0 Å². The standard InChI is InChI=1S/C16H17ClN6O3/c1-8-5-11(21-26-8)12-9(15(17)22(2)20-12)6-23-4-3-10-13(19-7-18-10)14(23)16(24)25/h5,7,14H,3-4,6H2,1-2H3,(H,18,19)(H,24,25)/t14-/m1/s1. The number of nitrogens with one attached hydrogen (secondary N) is 1. The Labute approximate surface area is 153 Å². The fourth-order valence-electron chi connectivity index (χ4n) is 3.34. The SMILES string of the molecule is Cc1cc(-c2nn(C)c(Cl)c2CN2CCc3[nH]cnc3[C@@H]2C(=O)O)no1. The molecule has 0 aliphatic carbocycles. The number of halogens is 1. The minimum absolute atomic E-state index is 0.317. The van der Waals surface area contributed by atoms with Gasteiger partial charge in [-0.3, -0.25) is 14.4 Å². The molecule has 0 fully saturated rings. The summed E-state index contributed by atoms with van der Waals surface area (Å²) >= 11 is 6.44. The topological polar surface area (TPSA) is 113 Å². The van der Waals surface area contributed by atoms with E-state index >= 15 is 0 Å². The van der Waals surface area contributed by atoms with Gasteiger partial charge in [0.1, 0.15) is 22.3 Å². The number of carboxylic acids is 1. The van der Waals surface area contributed by atoms with E-state index in [4.69, 9.17) is 16.1 Å². The van der Waals surface area contributed by atoms with Crippen molar-refractivity contribution in [3.8, 4) is 11.4 Å². The van der Waals surface area contributed by atoms with Crippen molar-refractivity contribution in [3.05, 3.63) is 40.3 Å². The van der Waals surface area contributed by atoms with E-state index in [1.54, 1.807) is 24.7 Å². The van der Waals surface area contributed by atoms with Gasteiger partial charge in [0.2, 0.25) is 0 Å². The van der Waals surface area contributed by atoms with Gasteiger partial charge in [-0.1, -0.05) is 16.8 Å². The van der Waals surface area contributed by atoms with Crippen LogP contribution < -0.4 is 0 Å². The van der Waals surface area contributed by atoms with Gasteiger partial charge in [0.15, 0.2) is 6.04 Å². The predicted octanol–water partition coefficient (Wildman–Crippen LogP) is 1.94. The summed E-state index contributed by atoms with van der Waals surface area (Å²) in [5.74, 6) is -0.285. The fourth-order valence-corrected chi connectivity index (χ4v) is 3.53. The second kappa shape index (κ2) is 6.26. The smallest absolute Gasteiger partial charge is 0.327 e. The maximum absolute atomic E-state index is 11.9. The molecular weight excluding hydrogens is 360 g/mol. The number of carboxylic acid groups (broad SMARTS) is 1. The number of aromatic amines is 1. The average Bonchev–Trinajstić information content (AvgIpc) is 3.30. The molecule has 0 saturated heterocycles. The highest BCUT2D eigenvalue weighted by Crippen LogP contribution is 2.34. The zero-order valence-corrected chi connectivity index (χ0v) is 15.0. The number of rotatable bonds is 4. The second-order valence-corrected chi connectivity index (χ2v) is 6.65. The summed E-state index contributed by atoms with van der Waals surface area (Å²) in [6.07, 6.45) is 2.22. The number of aromatic nitrogens is 5. The lowest BCUT2D eigenvalue weighted by Crippen LogP contribution is -2.39. The molecule has 1 aliphatic heterocycles. The van der Waals surface area contributed by atoms with Crippen molar-refractivity contribution < 1.29 is 14.4 Å². The Morgan fingerprint density at radius 2 is 2.35 bits per heavy atom. The quantitative estimate of drug-likeness (QED) is 0.715.